The Morgan fingerprint density at radius 2 is 1.68 bits per heavy atom. The smallest absolute Gasteiger partial charge is 0.232 e. The number of carbonyl (C=O) groups excluding carboxylic acids is 1. The van der Waals surface area contributed by atoms with Crippen molar-refractivity contribution in [3.05, 3.63) is 58.6 Å². The molecule has 1 saturated heterocycles. The summed E-state index contributed by atoms with van der Waals surface area (Å²) >= 11 is 6.26. The molecule has 2 aromatic carbocycles. The molecule has 4 rings (SSSR count). The molecular formula is C21H23ClN2O. The van der Waals surface area contributed by atoms with Gasteiger partial charge in [0.2, 0.25) is 5.91 Å². The number of rotatable bonds is 3. The minimum Gasteiger partial charge on any atom is -0.303 e. The summed E-state index contributed by atoms with van der Waals surface area (Å²) in [6, 6.07) is 14.2. The van der Waals surface area contributed by atoms with E-state index in [1.165, 1.54) is 24.0 Å². The van der Waals surface area contributed by atoms with Gasteiger partial charge in [-0.05, 0) is 68.1 Å². The molecule has 1 amide bonds. The van der Waals surface area contributed by atoms with Gasteiger partial charge >= 0.3 is 0 Å². The van der Waals surface area contributed by atoms with Crippen LogP contribution in [0, 0.1) is 0 Å². The highest BCUT2D eigenvalue weighted by Crippen LogP contribution is 2.37. The number of hydrogen-bond donors (Lipinski definition) is 0. The topological polar surface area (TPSA) is 23.6 Å². The summed E-state index contributed by atoms with van der Waals surface area (Å²) in [5.41, 5.74) is 4.37. The Morgan fingerprint density at radius 1 is 0.960 bits per heavy atom. The van der Waals surface area contributed by atoms with Crippen molar-refractivity contribution in [2.75, 3.05) is 24.5 Å². The van der Waals surface area contributed by atoms with Crippen molar-refractivity contribution < 1.29 is 4.79 Å². The highest BCUT2D eigenvalue weighted by Gasteiger charge is 2.26. The molecule has 0 N–H and O–H groups in total. The molecule has 2 heterocycles. The number of para-hydroxylation sites is 1. The van der Waals surface area contributed by atoms with E-state index in [0.29, 0.717) is 11.4 Å². The number of nitrogens with zero attached hydrogens (tertiary/aromatic N) is 2. The summed E-state index contributed by atoms with van der Waals surface area (Å²) in [6.07, 6.45) is 4.92. The first kappa shape index (κ1) is 16.6. The Bertz CT molecular complexity index is 783. The second-order valence-corrected chi connectivity index (χ2v) is 7.37. The summed E-state index contributed by atoms with van der Waals surface area (Å²) in [6.45, 7) is 3.08. The molecule has 0 atom stereocenters. The first-order valence-electron chi connectivity index (χ1n) is 9.14. The van der Waals surface area contributed by atoms with Gasteiger partial charge in [-0.3, -0.25) is 9.69 Å². The summed E-state index contributed by atoms with van der Waals surface area (Å²) in [5.74, 6) is 0.157. The van der Waals surface area contributed by atoms with E-state index in [1.54, 1.807) is 0 Å². The van der Waals surface area contributed by atoms with Crippen LogP contribution in [0.4, 0.5) is 11.4 Å². The lowest BCUT2D eigenvalue weighted by Gasteiger charge is -2.26. The molecule has 2 aliphatic rings. The fraction of sp³-hybridized carbons (Fsp3) is 0.381. The molecule has 2 aliphatic heterocycles. The van der Waals surface area contributed by atoms with E-state index in [-0.39, 0.29) is 5.91 Å². The highest BCUT2D eigenvalue weighted by atomic mass is 35.5. The third-order valence-corrected chi connectivity index (χ3v) is 5.51. The minimum absolute atomic E-state index is 0.157. The van der Waals surface area contributed by atoms with Crippen LogP contribution in [0.3, 0.4) is 0 Å². The number of halogens is 1. The summed E-state index contributed by atoms with van der Waals surface area (Å²) in [7, 11) is 0. The average Bonchev–Trinajstić information content (AvgIpc) is 3.08. The minimum atomic E-state index is 0.157. The third-order valence-electron chi connectivity index (χ3n) is 5.27. The second kappa shape index (κ2) is 7.19. The predicted octanol–water partition coefficient (Wildman–Crippen LogP) is 4.59. The molecule has 3 nitrogen and oxygen atoms in total. The van der Waals surface area contributed by atoms with Gasteiger partial charge in [-0.15, -0.1) is 0 Å². The fourth-order valence-electron chi connectivity index (χ4n) is 3.94. The van der Waals surface area contributed by atoms with Crippen LogP contribution in [-0.2, 0) is 17.6 Å². The van der Waals surface area contributed by atoms with Crippen LogP contribution < -0.4 is 4.90 Å². The van der Waals surface area contributed by atoms with Crippen LogP contribution in [0.25, 0.3) is 0 Å². The molecule has 2 aromatic rings. The number of hydrogen-bond acceptors (Lipinski definition) is 2. The molecule has 130 valence electrons. The van der Waals surface area contributed by atoms with Crippen molar-refractivity contribution in [1.29, 1.82) is 0 Å². The molecule has 0 spiro atoms. The lowest BCUT2D eigenvalue weighted by atomic mass is 10.0. The summed E-state index contributed by atoms with van der Waals surface area (Å²) in [4.78, 5) is 17.5. The van der Waals surface area contributed by atoms with Gasteiger partial charge < -0.3 is 4.90 Å². The number of benzene rings is 2. The Balaban J connectivity index is 1.68. The maximum absolute atomic E-state index is 13.2. The van der Waals surface area contributed by atoms with Gasteiger partial charge in [0.15, 0.2) is 0 Å². The monoisotopic (exact) mass is 354 g/mol. The van der Waals surface area contributed by atoms with Crippen LogP contribution in [0.5, 0.6) is 0 Å². The molecule has 0 unspecified atom stereocenters. The number of anilines is 2. The largest absolute Gasteiger partial charge is 0.303 e. The fourth-order valence-corrected chi connectivity index (χ4v) is 4.10. The van der Waals surface area contributed by atoms with E-state index in [9.17, 15) is 4.79 Å². The van der Waals surface area contributed by atoms with Crippen LogP contribution >= 0.6 is 11.6 Å². The van der Waals surface area contributed by atoms with Crippen molar-refractivity contribution in [2.45, 2.75) is 32.1 Å². The molecule has 25 heavy (non-hydrogen) atoms. The molecule has 0 aliphatic carbocycles. The molecule has 0 radical (unpaired) electrons. The highest BCUT2D eigenvalue weighted by molar-refractivity contribution is 6.31. The van der Waals surface area contributed by atoms with Gasteiger partial charge in [0.25, 0.3) is 0 Å². The number of amides is 1. The number of carbonyl (C=O) groups is 1. The Hall–Kier alpha value is -1.84. The number of aryl methyl sites for hydroxylation is 2. The molecule has 0 bridgehead atoms. The number of likely N-dealkylation sites (tertiary alicyclic amines) is 1. The zero-order chi connectivity index (χ0) is 17.2. The van der Waals surface area contributed by atoms with Gasteiger partial charge in [-0.25, -0.2) is 0 Å². The van der Waals surface area contributed by atoms with Gasteiger partial charge in [0.05, 0.1) is 11.4 Å². The third kappa shape index (κ3) is 3.44. The van der Waals surface area contributed by atoms with Crippen molar-refractivity contribution in [3.63, 3.8) is 0 Å². The van der Waals surface area contributed by atoms with Crippen molar-refractivity contribution in [1.82, 2.24) is 4.90 Å². The Kier molecular flexibility index (Phi) is 4.78. The van der Waals surface area contributed by atoms with Crippen LogP contribution in [0.2, 0.25) is 5.02 Å². The van der Waals surface area contributed by atoms with Crippen molar-refractivity contribution in [3.8, 4) is 0 Å². The van der Waals surface area contributed by atoms with E-state index in [0.717, 1.165) is 43.9 Å². The van der Waals surface area contributed by atoms with E-state index >= 15 is 0 Å². The van der Waals surface area contributed by atoms with E-state index < -0.39 is 0 Å². The first-order chi connectivity index (χ1) is 12.2. The lowest BCUT2D eigenvalue weighted by Crippen LogP contribution is -2.31. The molecule has 4 heteroatoms. The normalized spacial score (nSPS) is 17.1. The first-order valence-corrected chi connectivity index (χ1v) is 9.52. The van der Waals surface area contributed by atoms with Crippen molar-refractivity contribution >= 4 is 28.9 Å². The lowest BCUT2D eigenvalue weighted by molar-refractivity contribution is -0.118. The van der Waals surface area contributed by atoms with Crippen LogP contribution in [0.1, 0.15) is 30.4 Å². The van der Waals surface area contributed by atoms with Gasteiger partial charge in [-0.2, -0.15) is 0 Å². The van der Waals surface area contributed by atoms with Gasteiger partial charge in [-0.1, -0.05) is 35.9 Å². The Labute approximate surface area is 154 Å². The van der Waals surface area contributed by atoms with Crippen molar-refractivity contribution in [2.24, 2.45) is 0 Å². The summed E-state index contributed by atoms with van der Waals surface area (Å²) in [5, 5.41) is 0.676. The predicted molar refractivity (Wildman–Crippen MR) is 103 cm³/mol. The van der Waals surface area contributed by atoms with Gasteiger partial charge in [0, 0.05) is 18.0 Å². The van der Waals surface area contributed by atoms with E-state index in [4.69, 9.17) is 11.6 Å². The zero-order valence-electron chi connectivity index (χ0n) is 14.4. The molecule has 0 aromatic heterocycles. The number of fused-ring (bicyclic) bond motifs is 2. The molecule has 1 fully saturated rings. The second-order valence-electron chi connectivity index (χ2n) is 6.93. The van der Waals surface area contributed by atoms with Crippen LogP contribution in [-0.4, -0.2) is 30.4 Å². The maximum atomic E-state index is 13.2. The summed E-state index contributed by atoms with van der Waals surface area (Å²) < 4.78 is 0. The van der Waals surface area contributed by atoms with E-state index in [2.05, 4.69) is 29.2 Å². The SMILES string of the molecule is O=C(CCN1CCCC1)N1c2ccccc2CCc2ccc(Cl)cc21. The van der Waals surface area contributed by atoms with Crippen LogP contribution in [0.15, 0.2) is 42.5 Å². The molecule has 0 saturated carbocycles. The molecular weight excluding hydrogens is 332 g/mol. The maximum Gasteiger partial charge on any atom is 0.232 e. The zero-order valence-corrected chi connectivity index (χ0v) is 15.1. The van der Waals surface area contributed by atoms with E-state index in [1.807, 2.05) is 23.1 Å². The quantitative estimate of drug-likeness (QED) is 0.804. The Morgan fingerprint density at radius 3 is 2.48 bits per heavy atom. The average molecular weight is 355 g/mol. The van der Waals surface area contributed by atoms with Gasteiger partial charge in [0.1, 0.15) is 0 Å². The standard InChI is InChI=1S/C21H23ClN2O/c22-18-10-9-17-8-7-16-5-1-2-6-19(16)24(20(17)15-18)21(25)11-14-23-12-3-4-13-23/h1-2,5-6,9-10,15H,3-4,7-8,11-14H2.